The minimum absolute atomic E-state index is 0.00842. The summed E-state index contributed by atoms with van der Waals surface area (Å²) in [5.41, 5.74) is 0. The Morgan fingerprint density at radius 1 is 0.482 bits per heavy atom. The molecule has 0 aromatic carbocycles. The number of carbonyl (C=O) groups excluding carboxylic acids is 2. The third kappa shape index (κ3) is 33.8. The van der Waals surface area contributed by atoms with Crippen LogP contribution in [0.3, 0.4) is 0 Å². The number of esters is 2. The molecule has 1 aliphatic carbocycles. The van der Waals surface area contributed by atoms with Crippen LogP contribution in [0.2, 0.25) is 0 Å². The van der Waals surface area contributed by atoms with Gasteiger partial charge >= 0.3 is 11.9 Å². The molecule has 0 heterocycles. The largest absolute Gasteiger partial charge is 0.466 e. The summed E-state index contributed by atoms with van der Waals surface area (Å²) in [7, 11) is 0. The fourth-order valence-corrected chi connectivity index (χ4v) is 9.04. The summed E-state index contributed by atoms with van der Waals surface area (Å²) in [4.78, 5) is 24.9. The lowest BCUT2D eigenvalue weighted by atomic mass is 9.78. The van der Waals surface area contributed by atoms with Crippen LogP contribution < -0.4 is 0 Å². The fraction of sp³-hybridized carbons (Fsp3) is 0.961. The van der Waals surface area contributed by atoms with Crippen molar-refractivity contribution in [2.45, 2.75) is 296 Å². The molecule has 1 saturated carbocycles. The van der Waals surface area contributed by atoms with Crippen LogP contribution in [0.4, 0.5) is 0 Å². The van der Waals surface area contributed by atoms with Gasteiger partial charge in [0.2, 0.25) is 0 Å². The first-order valence-corrected chi connectivity index (χ1v) is 25.5. The molecule has 0 aliphatic heterocycles. The molecule has 0 radical (unpaired) electrons. The summed E-state index contributed by atoms with van der Waals surface area (Å²) >= 11 is 0. The van der Waals surface area contributed by atoms with Gasteiger partial charge in [-0.25, -0.2) is 0 Å². The molecule has 0 saturated heterocycles. The van der Waals surface area contributed by atoms with Crippen molar-refractivity contribution in [3.8, 4) is 0 Å². The van der Waals surface area contributed by atoms with E-state index in [4.69, 9.17) is 9.47 Å². The Bertz CT molecular complexity index is 828. The van der Waals surface area contributed by atoms with Crippen LogP contribution >= 0.6 is 0 Å². The highest BCUT2D eigenvalue weighted by Crippen LogP contribution is 2.33. The van der Waals surface area contributed by atoms with Gasteiger partial charge in [-0.15, -0.1) is 0 Å². The van der Waals surface area contributed by atoms with Gasteiger partial charge in [0.15, 0.2) is 0 Å². The molecular weight excluding hydrogens is 693 g/mol. The Hall–Kier alpha value is -1.10. The highest BCUT2D eigenvalue weighted by molar-refractivity contribution is 5.69. The van der Waals surface area contributed by atoms with E-state index in [0.717, 1.165) is 57.3 Å². The Balaban J connectivity index is 2.24. The molecule has 0 aromatic heterocycles. The van der Waals surface area contributed by atoms with Gasteiger partial charge in [-0.1, -0.05) is 207 Å². The first kappa shape index (κ1) is 52.9. The van der Waals surface area contributed by atoms with Crippen LogP contribution in [0, 0.1) is 11.8 Å². The van der Waals surface area contributed by atoms with E-state index >= 15 is 0 Å². The maximum atomic E-state index is 12.8. The maximum absolute atomic E-state index is 12.8. The standard InChI is InChI=1S/C51H98O5/c1-4-7-10-13-18-26-35-44-55-50(53)42-31-25-19-21-28-37-46(45-47-38-33-34-41-49(47)52)36-27-20-16-17-24-32-43-51(54)56-48(39-29-22-14-11-8-5-2)40-30-23-15-12-9-6-3/h46-49,52H,4-45H2,1-3H3. The molecule has 1 aliphatic rings. The Morgan fingerprint density at radius 2 is 0.875 bits per heavy atom. The van der Waals surface area contributed by atoms with E-state index in [0.29, 0.717) is 25.4 Å². The zero-order chi connectivity index (χ0) is 40.6. The van der Waals surface area contributed by atoms with Crippen molar-refractivity contribution in [3.05, 3.63) is 0 Å². The van der Waals surface area contributed by atoms with Crippen molar-refractivity contribution in [2.24, 2.45) is 11.8 Å². The van der Waals surface area contributed by atoms with Crippen LogP contribution in [0.1, 0.15) is 284 Å². The number of unbranched alkanes of at least 4 members (excludes halogenated alkanes) is 25. The Kier molecular flexibility index (Phi) is 38.4. The molecule has 1 rings (SSSR count). The van der Waals surface area contributed by atoms with Crippen molar-refractivity contribution in [3.63, 3.8) is 0 Å². The summed E-state index contributed by atoms with van der Waals surface area (Å²) in [6, 6.07) is 0. The van der Waals surface area contributed by atoms with Gasteiger partial charge in [0.05, 0.1) is 12.7 Å². The molecule has 0 bridgehead atoms. The number of ether oxygens (including phenoxy) is 2. The predicted molar refractivity (Wildman–Crippen MR) is 240 cm³/mol. The van der Waals surface area contributed by atoms with E-state index in [9.17, 15) is 14.7 Å². The second kappa shape index (κ2) is 40.7. The van der Waals surface area contributed by atoms with Crippen LogP contribution in [-0.4, -0.2) is 35.9 Å². The molecule has 5 nitrogen and oxygen atoms in total. The summed E-state index contributed by atoms with van der Waals surface area (Å²) < 4.78 is 11.5. The van der Waals surface area contributed by atoms with Crippen LogP contribution in [0.5, 0.6) is 0 Å². The monoisotopic (exact) mass is 791 g/mol. The lowest BCUT2D eigenvalue weighted by Gasteiger charge is -2.31. The second-order valence-electron chi connectivity index (χ2n) is 18.2. The minimum Gasteiger partial charge on any atom is -0.466 e. The smallest absolute Gasteiger partial charge is 0.306 e. The predicted octanol–water partition coefficient (Wildman–Crippen LogP) is 16.1. The summed E-state index contributed by atoms with van der Waals surface area (Å²) in [6.07, 6.45) is 48.8. The van der Waals surface area contributed by atoms with Gasteiger partial charge in [-0.05, 0) is 76.0 Å². The van der Waals surface area contributed by atoms with Gasteiger partial charge in [-0.3, -0.25) is 9.59 Å². The molecule has 3 atom stereocenters. The molecule has 0 aromatic rings. The second-order valence-corrected chi connectivity index (χ2v) is 18.2. The Labute approximate surface area is 349 Å². The van der Waals surface area contributed by atoms with Gasteiger partial charge < -0.3 is 14.6 Å². The highest BCUT2D eigenvalue weighted by Gasteiger charge is 2.26. The number of aliphatic hydroxyl groups excluding tert-OH is 1. The van der Waals surface area contributed by atoms with E-state index in [1.165, 1.54) is 199 Å². The van der Waals surface area contributed by atoms with Crippen molar-refractivity contribution >= 4 is 11.9 Å². The quantitative estimate of drug-likeness (QED) is 0.0492. The van der Waals surface area contributed by atoms with Gasteiger partial charge in [0.1, 0.15) is 6.10 Å². The number of aliphatic hydroxyl groups is 1. The van der Waals surface area contributed by atoms with E-state index in [2.05, 4.69) is 20.8 Å². The molecular formula is C51H98O5. The zero-order valence-electron chi connectivity index (χ0n) is 38.1. The van der Waals surface area contributed by atoms with Gasteiger partial charge in [0, 0.05) is 12.8 Å². The molecule has 5 heteroatoms. The zero-order valence-corrected chi connectivity index (χ0v) is 38.1. The minimum atomic E-state index is -0.0927. The maximum Gasteiger partial charge on any atom is 0.306 e. The molecule has 1 N–H and O–H groups in total. The van der Waals surface area contributed by atoms with Crippen LogP contribution in [0.25, 0.3) is 0 Å². The van der Waals surface area contributed by atoms with E-state index < -0.39 is 0 Å². The van der Waals surface area contributed by atoms with Crippen molar-refractivity contribution in [2.75, 3.05) is 6.61 Å². The summed E-state index contributed by atoms with van der Waals surface area (Å²) in [5.74, 6) is 1.25. The molecule has 0 spiro atoms. The third-order valence-electron chi connectivity index (χ3n) is 12.8. The third-order valence-corrected chi connectivity index (χ3v) is 12.8. The topological polar surface area (TPSA) is 72.8 Å². The number of rotatable bonds is 42. The van der Waals surface area contributed by atoms with Crippen molar-refractivity contribution in [1.29, 1.82) is 0 Å². The Morgan fingerprint density at radius 3 is 1.36 bits per heavy atom. The molecule has 1 fully saturated rings. The molecule has 3 unspecified atom stereocenters. The van der Waals surface area contributed by atoms with Crippen LogP contribution in [-0.2, 0) is 19.1 Å². The first-order chi connectivity index (χ1) is 27.5. The lowest BCUT2D eigenvalue weighted by molar-refractivity contribution is -0.150. The average molecular weight is 791 g/mol. The van der Waals surface area contributed by atoms with Crippen LogP contribution in [0.15, 0.2) is 0 Å². The van der Waals surface area contributed by atoms with E-state index in [1.807, 2.05) is 0 Å². The number of carbonyl (C=O) groups is 2. The molecule has 56 heavy (non-hydrogen) atoms. The molecule has 332 valence electrons. The van der Waals surface area contributed by atoms with E-state index in [-0.39, 0.29) is 24.1 Å². The summed E-state index contributed by atoms with van der Waals surface area (Å²) in [5, 5.41) is 10.7. The SMILES string of the molecule is CCCCCCCCCOC(=O)CCCCCCCC(CCCCCCCCC(=O)OC(CCCCCCCC)CCCCCCCC)CC1CCCCC1O. The van der Waals surface area contributed by atoms with E-state index in [1.54, 1.807) is 0 Å². The number of hydrogen-bond acceptors (Lipinski definition) is 5. The van der Waals surface area contributed by atoms with Gasteiger partial charge in [-0.2, -0.15) is 0 Å². The lowest BCUT2D eigenvalue weighted by Crippen LogP contribution is -2.26. The summed E-state index contributed by atoms with van der Waals surface area (Å²) in [6.45, 7) is 7.38. The van der Waals surface area contributed by atoms with Crippen molar-refractivity contribution < 1.29 is 24.2 Å². The van der Waals surface area contributed by atoms with Crippen molar-refractivity contribution in [1.82, 2.24) is 0 Å². The normalized spacial score (nSPS) is 16.4. The highest BCUT2D eigenvalue weighted by atomic mass is 16.5. The number of hydrogen-bond donors (Lipinski definition) is 1. The van der Waals surface area contributed by atoms with Gasteiger partial charge in [0.25, 0.3) is 0 Å². The average Bonchev–Trinajstić information content (AvgIpc) is 3.19. The molecule has 0 amide bonds. The fourth-order valence-electron chi connectivity index (χ4n) is 9.04. The first-order valence-electron chi connectivity index (χ1n) is 25.5.